The number of piperidine rings is 1. The second kappa shape index (κ2) is 8.47. The Bertz CT molecular complexity index is 1160. The van der Waals surface area contributed by atoms with Crippen molar-refractivity contribution in [1.82, 2.24) is 24.2 Å². The highest BCUT2D eigenvalue weighted by molar-refractivity contribution is 5.81. The molecule has 32 heavy (non-hydrogen) atoms. The number of aryl methyl sites for hydroxylation is 1. The van der Waals surface area contributed by atoms with E-state index in [1.165, 1.54) is 42.2 Å². The zero-order valence-electron chi connectivity index (χ0n) is 18.9. The van der Waals surface area contributed by atoms with Gasteiger partial charge in [0.2, 0.25) is 0 Å². The molecule has 3 aromatic heterocycles. The van der Waals surface area contributed by atoms with Gasteiger partial charge in [-0.15, -0.1) is 0 Å². The lowest BCUT2D eigenvalue weighted by Crippen LogP contribution is -2.37. The number of aromatic nitrogens is 4. The van der Waals surface area contributed by atoms with E-state index in [2.05, 4.69) is 37.5 Å². The molecule has 1 unspecified atom stereocenters. The average molecular weight is 432 g/mol. The van der Waals surface area contributed by atoms with E-state index in [4.69, 9.17) is 5.10 Å². The van der Waals surface area contributed by atoms with E-state index in [0.29, 0.717) is 12.0 Å². The van der Waals surface area contributed by atoms with Crippen LogP contribution in [0.1, 0.15) is 67.7 Å². The number of fused-ring (bicyclic) bond motifs is 3. The number of hydrogen-bond acceptors (Lipinski definition) is 4. The zero-order chi connectivity index (χ0) is 21.5. The minimum absolute atomic E-state index is 0.279. The Balaban J connectivity index is 1.31. The van der Waals surface area contributed by atoms with Crippen LogP contribution >= 0.6 is 0 Å². The first-order valence-electron chi connectivity index (χ1n) is 12.5. The fourth-order valence-electron chi connectivity index (χ4n) is 6.08. The van der Waals surface area contributed by atoms with E-state index in [-0.39, 0.29) is 5.56 Å². The summed E-state index contributed by atoms with van der Waals surface area (Å²) in [4.78, 5) is 20.3. The van der Waals surface area contributed by atoms with Gasteiger partial charge in [0.15, 0.2) is 0 Å². The highest BCUT2D eigenvalue weighted by Gasteiger charge is 2.30. The molecule has 0 spiro atoms. The van der Waals surface area contributed by atoms with Gasteiger partial charge in [0.25, 0.3) is 5.56 Å². The van der Waals surface area contributed by atoms with Gasteiger partial charge in [-0.3, -0.25) is 19.2 Å². The summed E-state index contributed by atoms with van der Waals surface area (Å²) in [5.41, 5.74) is 5.08. The summed E-state index contributed by atoms with van der Waals surface area (Å²) in [5, 5.41) is 6.13. The maximum Gasteiger partial charge on any atom is 0.255 e. The first kappa shape index (κ1) is 20.2. The minimum Gasteiger partial charge on any atom is -0.299 e. The molecule has 0 aromatic carbocycles. The van der Waals surface area contributed by atoms with Gasteiger partial charge in [-0.25, -0.2) is 4.68 Å². The van der Waals surface area contributed by atoms with Gasteiger partial charge in [0, 0.05) is 49.0 Å². The summed E-state index contributed by atoms with van der Waals surface area (Å²) >= 11 is 0. The molecule has 6 heteroatoms. The molecule has 3 aromatic rings. The zero-order valence-corrected chi connectivity index (χ0v) is 18.9. The van der Waals surface area contributed by atoms with Crippen LogP contribution in [0.25, 0.3) is 11.0 Å². The quantitative estimate of drug-likeness (QED) is 0.610. The Hall–Kier alpha value is -2.47. The fourth-order valence-corrected chi connectivity index (χ4v) is 6.08. The molecule has 2 fully saturated rings. The van der Waals surface area contributed by atoms with Crippen LogP contribution in [0.3, 0.4) is 0 Å². The topological polar surface area (TPSA) is 56.0 Å². The van der Waals surface area contributed by atoms with Crippen LogP contribution in [-0.2, 0) is 25.9 Å². The van der Waals surface area contributed by atoms with Crippen molar-refractivity contribution in [1.29, 1.82) is 0 Å². The van der Waals surface area contributed by atoms with Gasteiger partial charge >= 0.3 is 0 Å². The molecule has 0 amide bonds. The molecule has 0 bridgehead atoms. The van der Waals surface area contributed by atoms with Crippen molar-refractivity contribution >= 4 is 11.0 Å². The van der Waals surface area contributed by atoms with Crippen molar-refractivity contribution < 1.29 is 0 Å². The summed E-state index contributed by atoms with van der Waals surface area (Å²) in [6.07, 6.45) is 16.1. The van der Waals surface area contributed by atoms with E-state index < -0.39 is 0 Å². The van der Waals surface area contributed by atoms with Crippen LogP contribution < -0.4 is 5.56 Å². The number of nitrogens with zero attached hydrogens (tertiary/aromatic N) is 5. The molecular formula is C26H33N5O. The van der Waals surface area contributed by atoms with Crippen molar-refractivity contribution in [3.63, 3.8) is 0 Å². The van der Waals surface area contributed by atoms with Gasteiger partial charge in [0.05, 0.1) is 6.20 Å². The smallest absolute Gasteiger partial charge is 0.255 e. The van der Waals surface area contributed by atoms with Crippen LogP contribution in [0.4, 0.5) is 0 Å². The molecule has 2 aliphatic carbocycles. The van der Waals surface area contributed by atoms with Crippen molar-refractivity contribution in [2.75, 3.05) is 13.1 Å². The molecule has 1 saturated heterocycles. The monoisotopic (exact) mass is 431 g/mol. The van der Waals surface area contributed by atoms with Gasteiger partial charge in [-0.2, -0.15) is 5.10 Å². The lowest BCUT2D eigenvalue weighted by atomic mass is 9.88. The van der Waals surface area contributed by atoms with Crippen LogP contribution in [0.5, 0.6) is 0 Å². The van der Waals surface area contributed by atoms with E-state index in [0.717, 1.165) is 69.5 Å². The number of likely N-dealkylation sites (tertiary alicyclic amines) is 1. The van der Waals surface area contributed by atoms with Crippen molar-refractivity contribution in [3.8, 4) is 0 Å². The molecule has 1 atom stereocenters. The van der Waals surface area contributed by atoms with E-state index in [1.54, 1.807) is 0 Å². The number of rotatable bonds is 5. The molecule has 6 nitrogen and oxygen atoms in total. The Morgan fingerprint density at radius 3 is 2.56 bits per heavy atom. The third-order valence-electron chi connectivity index (χ3n) is 7.94. The molecular weight excluding hydrogens is 398 g/mol. The van der Waals surface area contributed by atoms with Gasteiger partial charge in [0.1, 0.15) is 5.65 Å². The second-order valence-electron chi connectivity index (χ2n) is 10.1. The fraction of sp³-hybridized carbons (Fsp3) is 0.577. The number of hydrogen-bond donors (Lipinski definition) is 0. The third-order valence-corrected chi connectivity index (χ3v) is 7.94. The van der Waals surface area contributed by atoms with Gasteiger partial charge in [-0.1, -0.05) is 0 Å². The molecule has 0 radical (unpaired) electrons. The van der Waals surface area contributed by atoms with E-state index in [1.807, 2.05) is 12.4 Å². The largest absolute Gasteiger partial charge is 0.299 e. The summed E-state index contributed by atoms with van der Waals surface area (Å²) in [7, 11) is 0. The summed E-state index contributed by atoms with van der Waals surface area (Å²) in [5.74, 6) is 0.565. The van der Waals surface area contributed by atoms with E-state index in [9.17, 15) is 4.79 Å². The minimum atomic E-state index is 0.279. The standard InChI is InChI=1S/C26H33N5O/c32-26-23-9-2-1-8-22(23)24-15-28-30(25(24)31(26)21-6-3-7-21)18-20-5-4-14-29(17-20)16-19-10-12-27-13-11-19/h10-13,15,20-21H,1-9,14,16-18H2. The number of pyridine rings is 2. The molecule has 1 saturated carbocycles. The Labute approximate surface area is 189 Å². The predicted molar refractivity (Wildman–Crippen MR) is 126 cm³/mol. The third kappa shape index (κ3) is 3.58. The van der Waals surface area contributed by atoms with Crippen LogP contribution in [0.2, 0.25) is 0 Å². The highest BCUT2D eigenvalue weighted by atomic mass is 16.1. The first-order chi connectivity index (χ1) is 15.8. The van der Waals surface area contributed by atoms with Crippen molar-refractivity contribution in [3.05, 3.63) is 57.8 Å². The van der Waals surface area contributed by atoms with Gasteiger partial charge < -0.3 is 0 Å². The summed E-state index contributed by atoms with van der Waals surface area (Å²) in [6.45, 7) is 4.13. The molecule has 0 N–H and O–H groups in total. The van der Waals surface area contributed by atoms with Crippen molar-refractivity contribution in [2.45, 2.75) is 76.9 Å². The summed E-state index contributed by atoms with van der Waals surface area (Å²) < 4.78 is 4.33. The average Bonchev–Trinajstić information content (AvgIpc) is 3.20. The molecule has 168 valence electrons. The predicted octanol–water partition coefficient (Wildman–Crippen LogP) is 4.11. The SMILES string of the molecule is O=c1c2c(c3cnn(CC4CCCN(Cc5ccncc5)C4)c3n1C1CCC1)CCCC2. The van der Waals surface area contributed by atoms with E-state index >= 15 is 0 Å². The van der Waals surface area contributed by atoms with Crippen LogP contribution in [0, 0.1) is 5.92 Å². The molecule has 3 aliphatic rings. The van der Waals surface area contributed by atoms with Gasteiger partial charge in [-0.05, 0) is 93.5 Å². The molecule has 1 aliphatic heterocycles. The maximum absolute atomic E-state index is 13.6. The normalized spacial score (nSPS) is 22.1. The van der Waals surface area contributed by atoms with Crippen LogP contribution in [0.15, 0.2) is 35.5 Å². The first-order valence-corrected chi connectivity index (χ1v) is 12.5. The molecule has 6 rings (SSSR count). The second-order valence-corrected chi connectivity index (χ2v) is 10.1. The van der Waals surface area contributed by atoms with Crippen molar-refractivity contribution in [2.24, 2.45) is 5.92 Å². The van der Waals surface area contributed by atoms with Crippen LogP contribution in [-0.4, -0.2) is 37.3 Å². The summed E-state index contributed by atoms with van der Waals surface area (Å²) in [6, 6.07) is 4.60. The Morgan fingerprint density at radius 1 is 0.969 bits per heavy atom. The highest BCUT2D eigenvalue weighted by Crippen LogP contribution is 2.36. The maximum atomic E-state index is 13.6. The Kier molecular flexibility index (Phi) is 5.34. The Morgan fingerprint density at radius 2 is 1.78 bits per heavy atom. The molecule has 4 heterocycles. The lowest BCUT2D eigenvalue weighted by molar-refractivity contribution is 0.153. The lowest BCUT2D eigenvalue weighted by Gasteiger charge is -2.34.